The lowest BCUT2D eigenvalue weighted by atomic mass is 9.70. The first-order valence-corrected chi connectivity index (χ1v) is 17.1. The van der Waals surface area contributed by atoms with E-state index in [1.165, 1.54) is 39.6 Å². The minimum atomic E-state index is -0.0694. The quantitative estimate of drug-likeness (QED) is 0.138. The minimum absolute atomic E-state index is 0.0245. The molecular weight excluding hydrogens is 564 g/mol. The van der Waals surface area contributed by atoms with E-state index in [4.69, 9.17) is 14.5 Å². The normalized spacial score (nSPS) is 23.8. The molecule has 4 nitrogen and oxygen atoms in total. The van der Waals surface area contributed by atoms with Gasteiger partial charge in [-0.3, -0.25) is 4.98 Å². The predicted octanol–water partition coefficient (Wildman–Crippen LogP) is 9.71. The maximum atomic E-state index is 7.17. The highest BCUT2D eigenvalue weighted by Crippen LogP contribution is 2.50. The summed E-state index contributed by atoms with van der Waals surface area (Å²) < 4.78 is 14.2. The summed E-state index contributed by atoms with van der Waals surface area (Å²) in [6.07, 6.45) is 6.50. The summed E-state index contributed by atoms with van der Waals surface area (Å²) in [4.78, 5) is 4.75. The second kappa shape index (κ2) is 12.6. The number of rotatable bonds is 9. The van der Waals surface area contributed by atoms with Crippen molar-refractivity contribution in [2.45, 2.75) is 90.5 Å². The smallest absolute Gasteiger partial charge is 0.135 e. The maximum Gasteiger partial charge on any atom is 0.135 e. The van der Waals surface area contributed by atoms with Crippen molar-refractivity contribution in [3.8, 4) is 5.75 Å². The van der Waals surface area contributed by atoms with Crippen molar-refractivity contribution in [2.75, 3.05) is 20.2 Å². The molecule has 0 aliphatic carbocycles. The van der Waals surface area contributed by atoms with Gasteiger partial charge in [-0.15, -0.1) is 6.58 Å². The number of pyridine rings is 1. The van der Waals surface area contributed by atoms with Crippen LogP contribution in [0.2, 0.25) is 0 Å². The first-order chi connectivity index (χ1) is 21.9. The molecule has 3 fully saturated rings. The Morgan fingerprint density at radius 1 is 0.935 bits per heavy atom. The van der Waals surface area contributed by atoms with Crippen LogP contribution >= 0.6 is 0 Å². The number of benzene rings is 3. The van der Waals surface area contributed by atoms with Gasteiger partial charge in [0.1, 0.15) is 24.4 Å². The van der Waals surface area contributed by atoms with Gasteiger partial charge in [0.05, 0.1) is 32.3 Å². The van der Waals surface area contributed by atoms with Gasteiger partial charge in [-0.25, -0.2) is 0 Å². The molecule has 46 heavy (non-hydrogen) atoms. The Labute approximate surface area is 277 Å². The molecule has 1 aromatic heterocycles. The molecule has 0 radical (unpaired) electrons. The average molecular weight is 618 g/mol. The lowest BCUT2D eigenvalue weighted by Gasteiger charge is -2.59. The molecule has 0 N–H and O–H groups in total. The summed E-state index contributed by atoms with van der Waals surface area (Å²) in [5.41, 5.74) is 7.52. The van der Waals surface area contributed by atoms with Gasteiger partial charge in [-0.05, 0) is 63.3 Å². The SMILES string of the molecule is C=C[C@H]1C[N@+]2(Cc3cc(C(C)(C)C)c(OC)cc3C(C)(C)C)CC[C@H]1C[C@H]2[C@@H](OCc1ccccc1)c1ccnc2ccccc12. The van der Waals surface area contributed by atoms with E-state index in [1.807, 2.05) is 13.3 Å². The molecule has 3 aromatic carbocycles. The Balaban J connectivity index is 1.51. The van der Waals surface area contributed by atoms with Crippen LogP contribution in [-0.2, 0) is 28.7 Å². The average Bonchev–Trinajstić information content (AvgIpc) is 3.04. The van der Waals surface area contributed by atoms with E-state index < -0.39 is 0 Å². The molecular formula is C42H53N2O2+. The molecule has 4 heterocycles. The second-order valence-electron chi connectivity index (χ2n) is 15.9. The molecule has 2 bridgehead atoms. The number of piperidine rings is 3. The molecule has 0 saturated carbocycles. The fraction of sp³-hybridized carbons (Fsp3) is 0.452. The van der Waals surface area contributed by atoms with Crippen molar-refractivity contribution >= 4 is 10.9 Å². The van der Waals surface area contributed by atoms with Crippen molar-refractivity contribution in [3.05, 3.63) is 119 Å². The van der Waals surface area contributed by atoms with Crippen LogP contribution in [0.4, 0.5) is 0 Å². The van der Waals surface area contributed by atoms with Crippen molar-refractivity contribution < 1.29 is 14.0 Å². The Bertz CT molecular complexity index is 1680. The van der Waals surface area contributed by atoms with Crippen LogP contribution < -0.4 is 4.74 Å². The van der Waals surface area contributed by atoms with E-state index in [0.29, 0.717) is 24.5 Å². The van der Waals surface area contributed by atoms with Crippen LogP contribution in [0.1, 0.15) is 88.3 Å². The summed E-state index contributed by atoms with van der Waals surface area (Å²) in [5.74, 6) is 2.13. The van der Waals surface area contributed by atoms with Crippen molar-refractivity contribution in [1.82, 2.24) is 4.98 Å². The molecule has 242 valence electrons. The Morgan fingerprint density at radius 3 is 2.35 bits per heavy atom. The molecule has 4 heteroatoms. The highest BCUT2D eigenvalue weighted by molar-refractivity contribution is 5.82. The van der Waals surface area contributed by atoms with Gasteiger partial charge >= 0.3 is 0 Å². The number of methoxy groups -OCH3 is 1. The molecule has 5 atom stereocenters. The topological polar surface area (TPSA) is 31.4 Å². The van der Waals surface area contributed by atoms with Gasteiger partial charge in [0, 0.05) is 35.9 Å². The molecule has 3 aliphatic heterocycles. The van der Waals surface area contributed by atoms with E-state index in [-0.39, 0.29) is 16.9 Å². The number of fused-ring (bicyclic) bond motifs is 4. The number of aromatic nitrogens is 1. The zero-order valence-corrected chi connectivity index (χ0v) is 29.1. The van der Waals surface area contributed by atoms with Gasteiger partial charge in [-0.1, -0.05) is 96.1 Å². The fourth-order valence-corrected chi connectivity index (χ4v) is 8.45. The zero-order chi connectivity index (χ0) is 32.7. The van der Waals surface area contributed by atoms with Crippen molar-refractivity contribution in [1.29, 1.82) is 0 Å². The molecule has 3 saturated heterocycles. The summed E-state index contributed by atoms with van der Waals surface area (Å²) in [5, 5.41) is 1.19. The summed E-state index contributed by atoms with van der Waals surface area (Å²) in [6, 6.07) is 26.5. The molecule has 0 unspecified atom stereocenters. The Morgan fingerprint density at radius 2 is 1.65 bits per heavy atom. The third kappa shape index (κ3) is 6.27. The number of para-hydroxylation sites is 1. The molecule has 0 amide bonds. The lowest BCUT2D eigenvalue weighted by molar-refractivity contribution is -0.985. The molecule has 4 aromatic rings. The monoisotopic (exact) mass is 617 g/mol. The number of quaternary nitrogens is 1. The number of hydrogen-bond acceptors (Lipinski definition) is 3. The van der Waals surface area contributed by atoms with E-state index in [0.717, 1.165) is 41.8 Å². The van der Waals surface area contributed by atoms with E-state index in [9.17, 15) is 0 Å². The van der Waals surface area contributed by atoms with Crippen molar-refractivity contribution in [3.63, 3.8) is 0 Å². The van der Waals surface area contributed by atoms with Crippen LogP contribution in [0.3, 0.4) is 0 Å². The lowest BCUT2D eigenvalue weighted by Crippen LogP contribution is -2.67. The number of nitrogens with zero attached hydrogens (tertiary/aromatic N) is 2. The van der Waals surface area contributed by atoms with E-state index >= 15 is 0 Å². The molecule has 7 rings (SSSR count). The number of ether oxygens (including phenoxy) is 2. The van der Waals surface area contributed by atoms with Crippen LogP contribution in [-0.4, -0.2) is 35.7 Å². The van der Waals surface area contributed by atoms with Crippen LogP contribution in [0.5, 0.6) is 5.75 Å². The van der Waals surface area contributed by atoms with E-state index in [1.54, 1.807) is 0 Å². The predicted molar refractivity (Wildman–Crippen MR) is 190 cm³/mol. The van der Waals surface area contributed by atoms with Gasteiger partial charge in [0.15, 0.2) is 0 Å². The first kappa shape index (κ1) is 32.5. The fourth-order valence-electron chi connectivity index (χ4n) is 8.45. The zero-order valence-electron chi connectivity index (χ0n) is 29.1. The minimum Gasteiger partial charge on any atom is -0.496 e. The second-order valence-corrected chi connectivity index (χ2v) is 15.9. The van der Waals surface area contributed by atoms with Crippen LogP contribution in [0, 0.1) is 11.8 Å². The first-order valence-electron chi connectivity index (χ1n) is 17.1. The molecule has 0 spiro atoms. The summed E-state index contributed by atoms with van der Waals surface area (Å²) >= 11 is 0. The third-order valence-electron chi connectivity index (χ3n) is 10.8. The third-order valence-corrected chi connectivity index (χ3v) is 10.8. The highest BCUT2D eigenvalue weighted by atomic mass is 16.5. The van der Waals surface area contributed by atoms with Crippen LogP contribution in [0.15, 0.2) is 91.6 Å². The van der Waals surface area contributed by atoms with Crippen molar-refractivity contribution in [2.24, 2.45) is 11.8 Å². The van der Waals surface area contributed by atoms with Crippen LogP contribution in [0.25, 0.3) is 10.9 Å². The Hall–Kier alpha value is -3.47. The number of hydrogen-bond donors (Lipinski definition) is 0. The Kier molecular flexibility index (Phi) is 8.91. The highest BCUT2D eigenvalue weighted by Gasteiger charge is 2.55. The standard InChI is InChI=1S/C42H53N2O2/c1-9-30-26-44(27-32-23-36(42(5,6)7)39(45-8)25-35(32)41(2,3)4)22-20-31(30)24-38(44)40(46-28-29-15-11-10-12-16-29)34-19-21-43-37-18-14-13-17-33(34)37/h9-19,21,23,25,30-31,38,40H,1,20,22,24,26-28H2,2-8H3/q+1/t30-,31-,38-,40-,44-/m0/s1. The summed E-state index contributed by atoms with van der Waals surface area (Å²) in [6.45, 7) is 22.0. The molecule has 3 aliphatic rings. The van der Waals surface area contributed by atoms with E-state index in [2.05, 4.69) is 127 Å². The maximum absolute atomic E-state index is 7.17. The largest absolute Gasteiger partial charge is 0.496 e. The summed E-state index contributed by atoms with van der Waals surface area (Å²) in [7, 11) is 1.81. The van der Waals surface area contributed by atoms with Gasteiger partial charge in [-0.2, -0.15) is 0 Å². The van der Waals surface area contributed by atoms with Gasteiger partial charge in [0.25, 0.3) is 0 Å². The van der Waals surface area contributed by atoms with Gasteiger partial charge < -0.3 is 14.0 Å². The van der Waals surface area contributed by atoms with Gasteiger partial charge in [0.2, 0.25) is 0 Å².